The normalized spacial score (nSPS) is 17.2. The predicted molar refractivity (Wildman–Crippen MR) is 61.9 cm³/mol. The Morgan fingerprint density at radius 2 is 2.06 bits per heavy atom. The van der Waals surface area contributed by atoms with Gasteiger partial charge in [-0.3, -0.25) is 9.59 Å². The lowest BCUT2D eigenvalue weighted by molar-refractivity contribution is -0.146. The molecule has 2 amide bonds. The van der Waals surface area contributed by atoms with Gasteiger partial charge in [-0.15, -0.1) is 0 Å². The van der Waals surface area contributed by atoms with Crippen LogP contribution in [0.2, 0.25) is 0 Å². The van der Waals surface area contributed by atoms with E-state index in [1.54, 1.807) is 13.1 Å². The highest BCUT2D eigenvalue weighted by molar-refractivity contribution is 6.35. The van der Waals surface area contributed by atoms with Crippen LogP contribution < -0.4 is 5.32 Å². The van der Waals surface area contributed by atoms with E-state index in [1.807, 2.05) is 7.05 Å². The fourth-order valence-electron chi connectivity index (χ4n) is 1.90. The number of carbonyl (C=O) groups is 2. The standard InChI is InChI=1S/C11H18N4O2/c1-14-7-3-9(4-8-14)15(2)11(17)10(16)13-6-5-12/h9H,3-4,6-8H2,1-2H3,(H,13,16). The van der Waals surface area contributed by atoms with Crippen molar-refractivity contribution >= 4 is 11.8 Å². The highest BCUT2D eigenvalue weighted by Gasteiger charge is 2.27. The third kappa shape index (κ3) is 3.71. The minimum Gasteiger partial charge on any atom is -0.335 e. The van der Waals surface area contributed by atoms with Crippen molar-refractivity contribution < 1.29 is 9.59 Å². The van der Waals surface area contributed by atoms with E-state index >= 15 is 0 Å². The highest BCUT2D eigenvalue weighted by atomic mass is 16.2. The van der Waals surface area contributed by atoms with Gasteiger partial charge in [0.2, 0.25) is 0 Å². The van der Waals surface area contributed by atoms with Crippen LogP contribution in [0.25, 0.3) is 0 Å². The van der Waals surface area contributed by atoms with Gasteiger partial charge < -0.3 is 15.1 Å². The quantitative estimate of drug-likeness (QED) is 0.503. The molecule has 0 aromatic rings. The average Bonchev–Trinajstić information content (AvgIpc) is 2.35. The summed E-state index contributed by atoms with van der Waals surface area (Å²) in [5.41, 5.74) is 0. The van der Waals surface area contributed by atoms with Gasteiger partial charge in [-0.1, -0.05) is 0 Å². The third-order valence-corrected chi connectivity index (χ3v) is 3.08. The zero-order valence-electron chi connectivity index (χ0n) is 10.3. The summed E-state index contributed by atoms with van der Waals surface area (Å²) in [7, 11) is 3.68. The summed E-state index contributed by atoms with van der Waals surface area (Å²) in [4.78, 5) is 26.8. The molecule has 1 fully saturated rings. The number of piperidine rings is 1. The number of rotatable bonds is 2. The summed E-state index contributed by atoms with van der Waals surface area (Å²) in [5.74, 6) is -1.26. The molecule has 1 aliphatic rings. The number of carbonyl (C=O) groups excluding carboxylic acids is 2. The van der Waals surface area contributed by atoms with Crippen molar-refractivity contribution in [2.24, 2.45) is 0 Å². The average molecular weight is 238 g/mol. The number of nitrogens with one attached hydrogen (secondary N) is 1. The largest absolute Gasteiger partial charge is 0.335 e. The molecule has 0 atom stereocenters. The molecule has 0 aliphatic carbocycles. The van der Waals surface area contributed by atoms with Crippen molar-refractivity contribution in [1.82, 2.24) is 15.1 Å². The summed E-state index contributed by atoms with van der Waals surface area (Å²) >= 11 is 0. The highest BCUT2D eigenvalue weighted by Crippen LogP contribution is 2.13. The Morgan fingerprint density at radius 1 is 1.47 bits per heavy atom. The van der Waals surface area contributed by atoms with Gasteiger partial charge in [0.25, 0.3) is 0 Å². The van der Waals surface area contributed by atoms with Crippen LogP contribution in [0.5, 0.6) is 0 Å². The van der Waals surface area contributed by atoms with Gasteiger partial charge >= 0.3 is 11.8 Å². The Hall–Kier alpha value is -1.61. The van der Waals surface area contributed by atoms with Gasteiger partial charge in [-0.05, 0) is 33.0 Å². The van der Waals surface area contributed by atoms with Crippen LogP contribution in [0.3, 0.4) is 0 Å². The molecule has 0 aromatic carbocycles. The smallest absolute Gasteiger partial charge is 0.311 e. The Kier molecular flexibility index (Phi) is 4.91. The van der Waals surface area contributed by atoms with Crippen LogP contribution >= 0.6 is 0 Å². The van der Waals surface area contributed by atoms with Gasteiger partial charge in [-0.2, -0.15) is 5.26 Å². The molecule has 1 aliphatic heterocycles. The minimum atomic E-state index is -0.701. The van der Waals surface area contributed by atoms with Crippen molar-refractivity contribution in [2.45, 2.75) is 18.9 Å². The molecule has 0 radical (unpaired) electrons. The van der Waals surface area contributed by atoms with Crippen molar-refractivity contribution in [3.05, 3.63) is 0 Å². The number of likely N-dealkylation sites (tertiary alicyclic amines) is 1. The van der Waals surface area contributed by atoms with E-state index in [1.165, 1.54) is 4.90 Å². The van der Waals surface area contributed by atoms with E-state index < -0.39 is 11.8 Å². The number of nitrogens with zero attached hydrogens (tertiary/aromatic N) is 3. The monoisotopic (exact) mass is 238 g/mol. The lowest BCUT2D eigenvalue weighted by atomic mass is 10.0. The molecule has 1 rings (SSSR count). The van der Waals surface area contributed by atoms with Crippen molar-refractivity contribution in [3.63, 3.8) is 0 Å². The summed E-state index contributed by atoms with van der Waals surface area (Å²) < 4.78 is 0. The van der Waals surface area contributed by atoms with Crippen LogP contribution in [0.1, 0.15) is 12.8 Å². The fraction of sp³-hybridized carbons (Fsp3) is 0.727. The van der Waals surface area contributed by atoms with E-state index in [4.69, 9.17) is 5.26 Å². The zero-order chi connectivity index (χ0) is 12.8. The van der Waals surface area contributed by atoms with Crippen LogP contribution in [-0.2, 0) is 9.59 Å². The Morgan fingerprint density at radius 3 is 2.59 bits per heavy atom. The molecule has 1 saturated heterocycles. The van der Waals surface area contributed by atoms with Crippen molar-refractivity contribution in [2.75, 3.05) is 33.7 Å². The molecule has 94 valence electrons. The van der Waals surface area contributed by atoms with E-state index in [9.17, 15) is 9.59 Å². The summed E-state index contributed by atoms with van der Waals surface area (Å²) in [6.45, 7) is 1.73. The minimum absolute atomic E-state index is 0.117. The Bertz CT molecular complexity index is 329. The summed E-state index contributed by atoms with van der Waals surface area (Å²) in [6, 6.07) is 1.89. The molecule has 0 bridgehead atoms. The molecule has 0 aromatic heterocycles. The molecule has 1 N–H and O–H groups in total. The molecule has 0 unspecified atom stereocenters. The molecule has 0 spiro atoms. The van der Waals surface area contributed by atoms with Gasteiger partial charge in [0.05, 0.1) is 6.07 Å². The van der Waals surface area contributed by atoms with Gasteiger partial charge in [0.15, 0.2) is 0 Å². The SMILES string of the molecule is CN1CCC(N(C)C(=O)C(=O)NCC#N)CC1. The first-order valence-electron chi connectivity index (χ1n) is 5.66. The Balaban J connectivity index is 2.46. The van der Waals surface area contributed by atoms with E-state index in [-0.39, 0.29) is 12.6 Å². The number of hydrogen-bond acceptors (Lipinski definition) is 4. The lowest BCUT2D eigenvalue weighted by Gasteiger charge is -2.34. The molecule has 17 heavy (non-hydrogen) atoms. The maximum Gasteiger partial charge on any atom is 0.311 e. The van der Waals surface area contributed by atoms with Gasteiger partial charge in [-0.25, -0.2) is 0 Å². The molecular formula is C11H18N4O2. The van der Waals surface area contributed by atoms with Crippen LogP contribution in [0.4, 0.5) is 0 Å². The number of amides is 2. The lowest BCUT2D eigenvalue weighted by Crippen LogP contribution is -2.49. The molecule has 6 heteroatoms. The maximum absolute atomic E-state index is 11.7. The zero-order valence-corrected chi connectivity index (χ0v) is 10.3. The van der Waals surface area contributed by atoms with Gasteiger partial charge in [0, 0.05) is 13.1 Å². The molecule has 0 saturated carbocycles. The fourth-order valence-corrected chi connectivity index (χ4v) is 1.90. The van der Waals surface area contributed by atoms with Crippen molar-refractivity contribution in [1.29, 1.82) is 5.26 Å². The topological polar surface area (TPSA) is 76.4 Å². The van der Waals surface area contributed by atoms with E-state index in [2.05, 4.69) is 10.2 Å². The van der Waals surface area contributed by atoms with Crippen molar-refractivity contribution in [3.8, 4) is 6.07 Å². The van der Waals surface area contributed by atoms with Crippen LogP contribution in [0.15, 0.2) is 0 Å². The summed E-state index contributed by atoms with van der Waals surface area (Å²) in [6.07, 6.45) is 1.76. The second-order valence-electron chi connectivity index (χ2n) is 4.29. The third-order valence-electron chi connectivity index (χ3n) is 3.08. The van der Waals surface area contributed by atoms with Gasteiger partial charge in [0.1, 0.15) is 6.54 Å². The first-order valence-corrected chi connectivity index (χ1v) is 5.66. The first kappa shape index (κ1) is 13.5. The first-order chi connectivity index (χ1) is 8.06. The predicted octanol–water partition coefficient (Wildman–Crippen LogP) is -0.821. The Labute approximate surface area is 101 Å². The number of likely N-dealkylation sites (N-methyl/N-ethyl adjacent to an activating group) is 1. The number of hydrogen-bond donors (Lipinski definition) is 1. The van der Waals surface area contributed by atoms with Crippen LogP contribution in [-0.4, -0.2) is 61.4 Å². The second kappa shape index (κ2) is 6.21. The second-order valence-corrected chi connectivity index (χ2v) is 4.29. The molecular weight excluding hydrogens is 220 g/mol. The van der Waals surface area contributed by atoms with E-state index in [0.29, 0.717) is 0 Å². The molecule has 6 nitrogen and oxygen atoms in total. The molecule has 1 heterocycles. The summed E-state index contributed by atoms with van der Waals surface area (Å²) in [5, 5.41) is 10.6. The van der Waals surface area contributed by atoms with Crippen LogP contribution in [0, 0.1) is 11.3 Å². The maximum atomic E-state index is 11.7. The number of nitriles is 1. The van der Waals surface area contributed by atoms with E-state index in [0.717, 1.165) is 25.9 Å².